The molecule has 5 aromatic rings. The van der Waals surface area contributed by atoms with Crippen molar-refractivity contribution >= 4 is 61.4 Å². The summed E-state index contributed by atoms with van der Waals surface area (Å²) in [7, 11) is 0.831. The third-order valence-electron chi connectivity index (χ3n) is 6.69. The highest BCUT2D eigenvalue weighted by Crippen LogP contribution is 2.43. The molecule has 0 aliphatic carbocycles. The SMILES string of the molecule is [C-]#[N+]c1ccc2c(c1)sc1c(-c3ccc4cc([Si](C)(C)C)ccc4[n+]3C)c(C)c(C)cc12. The van der Waals surface area contributed by atoms with Gasteiger partial charge in [-0.05, 0) is 54.6 Å². The first-order valence-electron chi connectivity index (χ1n) is 11.0. The maximum Gasteiger partial charge on any atom is 0.214 e. The molecule has 0 unspecified atom stereocenters. The molecule has 158 valence electrons. The van der Waals surface area contributed by atoms with Crippen molar-refractivity contribution in [2.75, 3.05) is 0 Å². The molecule has 0 aliphatic heterocycles. The summed E-state index contributed by atoms with van der Waals surface area (Å²) >= 11 is 1.80. The van der Waals surface area contributed by atoms with Crippen LogP contribution in [0.4, 0.5) is 5.69 Å². The molecule has 4 heteroatoms. The Morgan fingerprint density at radius 3 is 2.41 bits per heavy atom. The van der Waals surface area contributed by atoms with E-state index in [1.807, 2.05) is 12.1 Å². The van der Waals surface area contributed by atoms with Crippen molar-refractivity contribution in [2.45, 2.75) is 33.5 Å². The molecule has 2 aromatic heterocycles. The molecule has 0 radical (unpaired) electrons. The van der Waals surface area contributed by atoms with Gasteiger partial charge in [0.1, 0.15) is 7.05 Å². The second-order valence-corrected chi connectivity index (χ2v) is 15.9. The van der Waals surface area contributed by atoms with E-state index in [2.05, 4.69) is 92.4 Å². The summed E-state index contributed by atoms with van der Waals surface area (Å²) in [5.41, 5.74) is 7.13. The van der Waals surface area contributed by atoms with Crippen LogP contribution in [-0.2, 0) is 7.05 Å². The number of fused-ring (bicyclic) bond motifs is 4. The number of hydrogen-bond donors (Lipinski definition) is 0. The van der Waals surface area contributed by atoms with Gasteiger partial charge in [-0.3, -0.25) is 0 Å². The van der Waals surface area contributed by atoms with E-state index in [4.69, 9.17) is 6.57 Å². The molecule has 0 N–H and O–H groups in total. The Hall–Kier alpha value is -3.00. The number of rotatable bonds is 2. The van der Waals surface area contributed by atoms with Gasteiger partial charge in [0.2, 0.25) is 11.2 Å². The van der Waals surface area contributed by atoms with Crippen LogP contribution in [0.15, 0.2) is 54.6 Å². The second-order valence-electron chi connectivity index (χ2n) is 9.77. The van der Waals surface area contributed by atoms with Crippen LogP contribution in [0.2, 0.25) is 19.6 Å². The lowest BCUT2D eigenvalue weighted by Crippen LogP contribution is -2.38. The second kappa shape index (κ2) is 7.27. The maximum absolute atomic E-state index is 7.39. The van der Waals surface area contributed by atoms with Crippen molar-refractivity contribution in [1.29, 1.82) is 0 Å². The van der Waals surface area contributed by atoms with Gasteiger partial charge >= 0.3 is 0 Å². The monoisotopic (exact) mass is 451 g/mol. The van der Waals surface area contributed by atoms with Crippen molar-refractivity contribution in [1.82, 2.24) is 0 Å². The van der Waals surface area contributed by atoms with E-state index in [1.165, 1.54) is 58.6 Å². The van der Waals surface area contributed by atoms with Crippen LogP contribution < -0.4 is 9.75 Å². The van der Waals surface area contributed by atoms with E-state index >= 15 is 0 Å². The van der Waals surface area contributed by atoms with E-state index in [0.29, 0.717) is 5.69 Å². The van der Waals surface area contributed by atoms with Crippen LogP contribution in [0, 0.1) is 20.4 Å². The normalized spacial score (nSPS) is 12.0. The Kier molecular flexibility index (Phi) is 4.74. The van der Waals surface area contributed by atoms with Gasteiger partial charge in [0.05, 0.1) is 20.2 Å². The Labute approximate surface area is 194 Å². The van der Waals surface area contributed by atoms with Gasteiger partial charge in [0.15, 0.2) is 5.69 Å². The molecule has 0 fully saturated rings. The van der Waals surface area contributed by atoms with Crippen molar-refractivity contribution in [3.63, 3.8) is 0 Å². The molecule has 0 aliphatic rings. The first kappa shape index (κ1) is 20.9. The average molecular weight is 452 g/mol. The number of aromatic nitrogens is 1. The summed E-state index contributed by atoms with van der Waals surface area (Å²) in [6.07, 6.45) is 0. The highest BCUT2D eigenvalue weighted by molar-refractivity contribution is 7.26. The van der Waals surface area contributed by atoms with E-state index in [9.17, 15) is 0 Å². The van der Waals surface area contributed by atoms with Crippen molar-refractivity contribution in [3.05, 3.63) is 77.1 Å². The Morgan fingerprint density at radius 2 is 1.69 bits per heavy atom. The molecule has 0 atom stereocenters. The topological polar surface area (TPSA) is 8.24 Å². The fraction of sp³-hybridized carbons (Fsp3) is 0.214. The average Bonchev–Trinajstić information content (AvgIpc) is 3.11. The Morgan fingerprint density at radius 1 is 0.906 bits per heavy atom. The summed E-state index contributed by atoms with van der Waals surface area (Å²) in [6, 6.07) is 19.9. The van der Waals surface area contributed by atoms with Gasteiger partial charge in [-0.25, -0.2) is 4.85 Å². The molecular weight excluding hydrogens is 424 g/mol. The zero-order chi connectivity index (χ0) is 22.8. The largest absolute Gasteiger partial charge is 0.238 e. The lowest BCUT2D eigenvalue weighted by molar-refractivity contribution is -0.633. The minimum atomic E-state index is -1.35. The van der Waals surface area contributed by atoms with E-state index in [1.54, 1.807) is 11.3 Å². The first-order chi connectivity index (χ1) is 15.2. The van der Waals surface area contributed by atoms with Crippen molar-refractivity contribution < 1.29 is 4.57 Å². The summed E-state index contributed by atoms with van der Waals surface area (Å²) < 4.78 is 4.83. The molecule has 0 amide bonds. The van der Waals surface area contributed by atoms with Gasteiger partial charge in [-0.15, -0.1) is 11.3 Å². The molecule has 5 rings (SSSR count). The van der Waals surface area contributed by atoms with Gasteiger partial charge in [0, 0.05) is 32.3 Å². The lowest BCUT2D eigenvalue weighted by atomic mass is 9.96. The van der Waals surface area contributed by atoms with Crippen LogP contribution in [0.3, 0.4) is 0 Å². The standard InChI is InChI=1S/C28H27N2SSi/c1-17-14-23-22-11-9-20(29-3)16-26(22)31-28(23)27(18(17)2)25-12-8-19-15-21(32(5,6)7)10-13-24(19)30(25)4/h8-16H,1-2,4-7H3/q+1. The van der Waals surface area contributed by atoms with Crippen molar-refractivity contribution in [3.8, 4) is 11.3 Å². The fourth-order valence-electron chi connectivity index (χ4n) is 4.63. The predicted octanol–water partition coefficient (Wildman–Crippen LogP) is 7.41. The van der Waals surface area contributed by atoms with Crippen LogP contribution in [-0.4, -0.2) is 8.07 Å². The van der Waals surface area contributed by atoms with E-state index in [0.717, 1.165) is 0 Å². The molecule has 0 saturated heterocycles. The lowest BCUT2D eigenvalue weighted by Gasteiger charge is -2.17. The number of aryl methyl sites for hydroxylation is 2. The molecule has 0 bridgehead atoms. The van der Waals surface area contributed by atoms with E-state index < -0.39 is 8.07 Å². The third-order valence-corrected chi connectivity index (χ3v) is 9.92. The molecule has 0 saturated carbocycles. The van der Waals surface area contributed by atoms with Crippen LogP contribution in [0.25, 0.3) is 47.2 Å². The molecular formula is C28H27N2SSi+. The number of hydrogen-bond acceptors (Lipinski definition) is 1. The predicted molar refractivity (Wildman–Crippen MR) is 142 cm³/mol. The molecule has 0 spiro atoms. The van der Waals surface area contributed by atoms with Gasteiger partial charge in [-0.1, -0.05) is 43.0 Å². The van der Waals surface area contributed by atoms with Crippen LogP contribution >= 0.6 is 11.3 Å². The smallest absolute Gasteiger partial charge is 0.214 e. The summed E-state index contributed by atoms with van der Waals surface area (Å²) in [4.78, 5) is 3.63. The summed E-state index contributed by atoms with van der Waals surface area (Å²) in [6.45, 7) is 19.0. The number of pyridine rings is 1. The molecule has 2 heterocycles. The molecule has 3 aromatic carbocycles. The number of thiophene rings is 1. The summed E-state index contributed by atoms with van der Waals surface area (Å²) in [5, 5.41) is 5.32. The molecule has 2 nitrogen and oxygen atoms in total. The first-order valence-corrected chi connectivity index (χ1v) is 15.3. The molecule has 32 heavy (non-hydrogen) atoms. The summed E-state index contributed by atoms with van der Waals surface area (Å²) in [5.74, 6) is 0. The van der Waals surface area contributed by atoms with E-state index in [-0.39, 0.29) is 0 Å². The minimum absolute atomic E-state index is 0.702. The number of nitrogens with zero attached hydrogens (tertiary/aromatic N) is 2. The Bertz CT molecular complexity index is 1600. The van der Waals surface area contributed by atoms with Crippen LogP contribution in [0.5, 0.6) is 0 Å². The highest BCUT2D eigenvalue weighted by Gasteiger charge is 2.23. The van der Waals surface area contributed by atoms with Gasteiger partial charge < -0.3 is 0 Å². The zero-order valence-electron chi connectivity index (χ0n) is 19.5. The zero-order valence-corrected chi connectivity index (χ0v) is 21.3. The number of benzene rings is 3. The van der Waals surface area contributed by atoms with Crippen molar-refractivity contribution in [2.24, 2.45) is 7.05 Å². The van der Waals surface area contributed by atoms with Gasteiger partial charge in [-0.2, -0.15) is 4.57 Å². The maximum atomic E-state index is 7.39. The van der Waals surface area contributed by atoms with Gasteiger partial charge in [0.25, 0.3) is 0 Å². The van der Waals surface area contributed by atoms with Crippen LogP contribution in [0.1, 0.15) is 11.1 Å². The Balaban J connectivity index is 1.83. The highest BCUT2D eigenvalue weighted by atomic mass is 32.1. The fourth-order valence-corrected chi connectivity index (χ4v) is 7.12. The quantitative estimate of drug-likeness (QED) is 0.150. The minimum Gasteiger partial charge on any atom is -0.238 e. The third kappa shape index (κ3) is 3.16.